The molecule has 7 nitrogen and oxygen atoms in total. The molecule has 0 bridgehead atoms. The molecule has 2 heterocycles. The van der Waals surface area contributed by atoms with Crippen molar-refractivity contribution >= 4 is 23.7 Å². The van der Waals surface area contributed by atoms with E-state index in [0.29, 0.717) is 29.9 Å². The first kappa shape index (κ1) is 21.2. The van der Waals surface area contributed by atoms with Crippen LogP contribution >= 0.6 is 11.8 Å². The van der Waals surface area contributed by atoms with E-state index in [2.05, 4.69) is 29.2 Å². The van der Waals surface area contributed by atoms with Gasteiger partial charge in [0.15, 0.2) is 0 Å². The van der Waals surface area contributed by atoms with Crippen molar-refractivity contribution in [2.75, 3.05) is 24.3 Å². The van der Waals surface area contributed by atoms with Crippen molar-refractivity contribution in [2.24, 2.45) is 0 Å². The van der Waals surface area contributed by atoms with Crippen LogP contribution in [0.3, 0.4) is 0 Å². The minimum atomic E-state index is -0.431. The van der Waals surface area contributed by atoms with Crippen molar-refractivity contribution in [3.63, 3.8) is 0 Å². The summed E-state index contributed by atoms with van der Waals surface area (Å²) in [7, 11) is 0. The van der Waals surface area contributed by atoms with Gasteiger partial charge in [0.1, 0.15) is 11.8 Å². The maximum Gasteiger partial charge on any atom is 0.338 e. The Morgan fingerprint density at radius 2 is 2.14 bits per heavy atom. The number of unbranched alkanes of at least 4 members (excludes halogenated alkanes) is 1. The Balaban J connectivity index is 2.05. The Bertz CT molecular complexity index is 894. The van der Waals surface area contributed by atoms with Crippen LogP contribution in [-0.4, -0.2) is 39.7 Å². The minimum Gasteiger partial charge on any atom is -0.494 e. The van der Waals surface area contributed by atoms with Crippen LogP contribution in [0, 0.1) is 0 Å². The topological polar surface area (TPSA) is 78.3 Å². The molecule has 0 saturated heterocycles. The molecule has 1 aromatic carbocycles. The molecule has 1 N–H and O–H groups in total. The maximum absolute atomic E-state index is 13.0. The van der Waals surface area contributed by atoms with E-state index in [1.165, 1.54) is 0 Å². The van der Waals surface area contributed by atoms with Crippen LogP contribution in [0.4, 0.5) is 5.95 Å². The normalized spacial score (nSPS) is 15.7. The van der Waals surface area contributed by atoms with Gasteiger partial charge in [-0.05, 0) is 43.7 Å². The Labute approximate surface area is 175 Å². The number of thioether (sulfide) groups is 1. The van der Waals surface area contributed by atoms with Gasteiger partial charge in [0.2, 0.25) is 11.1 Å². The smallest absolute Gasteiger partial charge is 0.338 e. The van der Waals surface area contributed by atoms with E-state index in [4.69, 9.17) is 9.47 Å². The highest BCUT2D eigenvalue weighted by Gasteiger charge is 2.35. The first-order valence-electron chi connectivity index (χ1n) is 10.1. The zero-order chi connectivity index (χ0) is 20.8. The largest absolute Gasteiger partial charge is 0.494 e. The number of carbonyl (C=O) groups excluding carboxylic acids is 1. The molecule has 1 aromatic heterocycles. The second-order valence-electron chi connectivity index (χ2n) is 6.66. The van der Waals surface area contributed by atoms with Crippen molar-refractivity contribution in [1.29, 1.82) is 0 Å². The van der Waals surface area contributed by atoms with Crippen LogP contribution in [0.1, 0.15) is 52.1 Å². The number of nitrogens with one attached hydrogen (secondary N) is 1. The number of hydrogen-bond donors (Lipinski definition) is 1. The van der Waals surface area contributed by atoms with Gasteiger partial charge in [-0.1, -0.05) is 44.2 Å². The van der Waals surface area contributed by atoms with E-state index >= 15 is 0 Å². The molecule has 0 fully saturated rings. The fourth-order valence-electron chi connectivity index (χ4n) is 3.22. The molecule has 0 saturated carbocycles. The van der Waals surface area contributed by atoms with E-state index in [-0.39, 0.29) is 5.97 Å². The predicted octanol–water partition coefficient (Wildman–Crippen LogP) is 4.42. The lowest BCUT2D eigenvalue weighted by atomic mass is 9.95. The number of carbonyl (C=O) groups is 1. The van der Waals surface area contributed by atoms with Crippen LogP contribution in [0.5, 0.6) is 5.75 Å². The summed E-state index contributed by atoms with van der Waals surface area (Å²) in [5.74, 6) is 1.91. The van der Waals surface area contributed by atoms with Crippen molar-refractivity contribution in [3.05, 3.63) is 41.1 Å². The molecule has 156 valence electrons. The molecule has 8 heteroatoms. The maximum atomic E-state index is 13.0. The van der Waals surface area contributed by atoms with E-state index in [1.54, 1.807) is 16.4 Å². The monoisotopic (exact) mass is 416 g/mol. The lowest BCUT2D eigenvalue weighted by molar-refractivity contribution is -0.139. The third-order valence-electron chi connectivity index (χ3n) is 4.54. The van der Waals surface area contributed by atoms with Crippen molar-refractivity contribution in [1.82, 2.24) is 14.8 Å². The fraction of sp³-hybridized carbons (Fsp3) is 0.476. The Kier molecular flexibility index (Phi) is 7.19. The summed E-state index contributed by atoms with van der Waals surface area (Å²) in [6.07, 6.45) is 1.80. The number of allylic oxidation sites excluding steroid dienone is 1. The summed E-state index contributed by atoms with van der Waals surface area (Å²) >= 11 is 1.56. The van der Waals surface area contributed by atoms with Gasteiger partial charge in [-0.3, -0.25) is 0 Å². The van der Waals surface area contributed by atoms with Gasteiger partial charge in [-0.15, -0.1) is 5.10 Å². The number of rotatable bonds is 9. The number of hydrogen-bond acceptors (Lipinski definition) is 7. The van der Waals surface area contributed by atoms with Gasteiger partial charge in [0.25, 0.3) is 0 Å². The first-order valence-corrected chi connectivity index (χ1v) is 11.0. The molecule has 0 spiro atoms. The molecule has 0 radical (unpaired) electrons. The summed E-state index contributed by atoms with van der Waals surface area (Å²) in [6, 6.07) is 7.33. The highest BCUT2D eigenvalue weighted by molar-refractivity contribution is 7.99. The SMILES string of the molecule is CCCCOC(=O)C1=C(C)Nc2nc(SCC)nn2C1c1cccc(OCC)c1. The van der Waals surface area contributed by atoms with Crippen molar-refractivity contribution in [2.45, 2.75) is 51.7 Å². The van der Waals surface area contributed by atoms with Crippen molar-refractivity contribution < 1.29 is 14.3 Å². The zero-order valence-electron chi connectivity index (χ0n) is 17.4. The highest BCUT2D eigenvalue weighted by atomic mass is 32.2. The molecule has 3 rings (SSSR count). The molecule has 0 aliphatic carbocycles. The van der Waals surface area contributed by atoms with Gasteiger partial charge in [-0.2, -0.15) is 4.98 Å². The van der Waals surface area contributed by atoms with Gasteiger partial charge < -0.3 is 14.8 Å². The Hall–Kier alpha value is -2.48. The van der Waals surface area contributed by atoms with E-state index in [1.807, 2.05) is 38.1 Å². The van der Waals surface area contributed by atoms with E-state index in [0.717, 1.165) is 35.6 Å². The number of fused-ring (bicyclic) bond motifs is 1. The predicted molar refractivity (Wildman–Crippen MR) is 114 cm³/mol. The quantitative estimate of drug-likeness (QED) is 0.368. The van der Waals surface area contributed by atoms with E-state index in [9.17, 15) is 4.79 Å². The van der Waals surface area contributed by atoms with Gasteiger partial charge in [-0.25, -0.2) is 9.48 Å². The molecular formula is C21H28N4O3S. The van der Waals surface area contributed by atoms with Crippen LogP contribution in [0.15, 0.2) is 40.7 Å². The molecule has 0 amide bonds. The highest BCUT2D eigenvalue weighted by Crippen LogP contribution is 2.37. The number of benzene rings is 1. The molecule has 1 aliphatic rings. The Morgan fingerprint density at radius 1 is 1.31 bits per heavy atom. The number of aromatic nitrogens is 3. The summed E-state index contributed by atoms with van der Waals surface area (Å²) in [5, 5.41) is 8.56. The molecule has 1 aliphatic heterocycles. The summed E-state index contributed by atoms with van der Waals surface area (Å²) in [4.78, 5) is 17.6. The molecule has 29 heavy (non-hydrogen) atoms. The average molecular weight is 417 g/mol. The lowest BCUT2D eigenvalue weighted by Crippen LogP contribution is -2.29. The van der Waals surface area contributed by atoms with Crippen molar-refractivity contribution in [3.8, 4) is 5.75 Å². The molecule has 1 unspecified atom stereocenters. The second-order valence-corrected chi connectivity index (χ2v) is 7.89. The lowest BCUT2D eigenvalue weighted by Gasteiger charge is -2.28. The summed E-state index contributed by atoms with van der Waals surface area (Å²) in [6.45, 7) is 8.92. The second kappa shape index (κ2) is 9.82. The van der Waals surface area contributed by atoms with Crippen LogP contribution in [-0.2, 0) is 9.53 Å². The first-order chi connectivity index (χ1) is 14.1. The van der Waals surface area contributed by atoms with Crippen LogP contribution < -0.4 is 10.1 Å². The number of anilines is 1. The third kappa shape index (κ3) is 4.75. The fourth-order valence-corrected chi connectivity index (χ4v) is 3.78. The summed E-state index contributed by atoms with van der Waals surface area (Å²) in [5.41, 5.74) is 2.17. The average Bonchev–Trinajstić information content (AvgIpc) is 3.09. The van der Waals surface area contributed by atoms with E-state index < -0.39 is 6.04 Å². The molecular weight excluding hydrogens is 388 g/mol. The van der Waals surface area contributed by atoms with Gasteiger partial charge in [0.05, 0.1) is 18.8 Å². The molecule has 1 atom stereocenters. The number of nitrogens with zero attached hydrogens (tertiary/aromatic N) is 3. The summed E-state index contributed by atoms with van der Waals surface area (Å²) < 4.78 is 13.0. The Morgan fingerprint density at radius 3 is 2.86 bits per heavy atom. The molecule has 2 aromatic rings. The third-order valence-corrected chi connectivity index (χ3v) is 5.26. The zero-order valence-corrected chi connectivity index (χ0v) is 18.2. The van der Waals surface area contributed by atoms with Crippen LogP contribution in [0.2, 0.25) is 0 Å². The van der Waals surface area contributed by atoms with Crippen LogP contribution in [0.25, 0.3) is 0 Å². The minimum absolute atomic E-state index is 0.332. The van der Waals surface area contributed by atoms with Gasteiger partial charge >= 0.3 is 5.97 Å². The number of esters is 1. The van der Waals surface area contributed by atoms with Gasteiger partial charge in [0, 0.05) is 5.70 Å². The number of ether oxygens (including phenoxy) is 2. The standard InChI is InChI=1S/C21H28N4O3S/c1-5-8-12-28-19(26)17-14(4)22-20-23-21(29-7-3)24-25(20)18(17)15-10-9-11-16(13-15)27-6-2/h9-11,13,18H,5-8,12H2,1-4H3,(H,22,23,24).